The van der Waals surface area contributed by atoms with Crippen molar-refractivity contribution in [1.82, 2.24) is 9.80 Å². The number of benzene rings is 1. The third kappa shape index (κ3) is 2.54. The van der Waals surface area contributed by atoms with E-state index in [0.717, 1.165) is 13.0 Å². The summed E-state index contributed by atoms with van der Waals surface area (Å²) < 4.78 is 0. The molecule has 3 heterocycles. The lowest BCUT2D eigenvalue weighted by Gasteiger charge is -2.36. The highest BCUT2D eigenvalue weighted by Crippen LogP contribution is 2.42. The molecule has 1 unspecified atom stereocenters. The molecule has 0 aromatic heterocycles. The van der Waals surface area contributed by atoms with Crippen LogP contribution < -0.4 is 0 Å². The van der Waals surface area contributed by atoms with E-state index in [1.807, 2.05) is 17.0 Å². The second-order valence-electron chi connectivity index (χ2n) is 7.41. The maximum absolute atomic E-state index is 13.3. The predicted molar refractivity (Wildman–Crippen MR) is 105 cm³/mol. The molecule has 0 bridgehead atoms. The summed E-state index contributed by atoms with van der Waals surface area (Å²) in [6, 6.07) is 8.49. The number of carbonyl (C=O) groups is 1. The fourth-order valence-corrected chi connectivity index (χ4v) is 4.72. The van der Waals surface area contributed by atoms with Gasteiger partial charge in [-0.3, -0.25) is 9.69 Å². The zero-order valence-corrected chi connectivity index (χ0v) is 16.3. The van der Waals surface area contributed by atoms with Gasteiger partial charge in [-0.2, -0.15) is 0 Å². The molecule has 26 heavy (non-hydrogen) atoms. The Bertz CT molecular complexity index is 870. The average Bonchev–Trinajstić information content (AvgIpc) is 3.44. The zero-order chi connectivity index (χ0) is 17.8. The number of allylic oxidation sites excluding steroid dienone is 1. The molecule has 5 rings (SSSR count). The highest BCUT2D eigenvalue weighted by atomic mass is 79.9. The highest BCUT2D eigenvalue weighted by molar-refractivity contribution is 9.09. The Morgan fingerprint density at radius 2 is 2.08 bits per heavy atom. The third-order valence-electron chi connectivity index (χ3n) is 5.73. The fraction of sp³-hybridized carbons (Fsp3) is 0.450. The van der Waals surface area contributed by atoms with Crippen LogP contribution in [0.5, 0.6) is 0 Å². The standard InChI is InChI=1S/C20H21BrN4O/c1-12-15-5-3-2-4-13(15)8-9-24(12)19(26)16-10-17(14-6-7-14)25-18(21)11-22-20(25)23-16/h2-5,10,12,14,18H,6-9,11H2,1H3/t12-,18?/m1/s1. The molecule has 5 nitrogen and oxygen atoms in total. The molecule has 1 aromatic carbocycles. The van der Waals surface area contributed by atoms with E-state index in [0.29, 0.717) is 24.1 Å². The number of guanidine groups is 1. The Morgan fingerprint density at radius 3 is 2.88 bits per heavy atom. The quantitative estimate of drug-likeness (QED) is 0.552. The number of alkyl halides is 1. The van der Waals surface area contributed by atoms with Gasteiger partial charge in [0.15, 0.2) is 0 Å². The minimum Gasteiger partial charge on any atom is -0.330 e. The lowest BCUT2D eigenvalue weighted by molar-refractivity contribution is -0.126. The summed E-state index contributed by atoms with van der Waals surface area (Å²) in [5.41, 5.74) is 4.33. The second kappa shape index (κ2) is 6.05. The first kappa shape index (κ1) is 16.2. The molecule has 1 amide bonds. The third-order valence-corrected chi connectivity index (χ3v) is 6.43. The van der Waals surface area contributed by atoms with Crippen molar-refractivity contribution in [2.75, 3.05) is 13.1 Å². The molecule has 6 heteroatoms. The second-order valence-corrected chi connectivity index (χ2v) is 8.47. The van der Waals surface area contributed by atoms with Crippen LogP contribution in [0.4, 0.5) is 0 Å². The van der Waals surface area contributed by atoms with E-state index in [4.69, 9.17) is 0 Å². The molecule has 1 aromatic rings. The van der Waals surface area contributed by atoms with Crippen LogP contribution in [0, 0.1) is 5.92 Å². The zero-order valence-electron chi connectivity index (χ0n) is 14.7. The summed E-state index contributed by atoms with van der Waals surface area (Å²) in [5, 5.41) is 0. The van der Waals surface area contributed by atoms with Crippen molar-refractivity contribution < 1.29 is 4.79 Å². The molecule has 4 aliphatic rings. The summed E-state index contributed by atoms with van der Waals surface area (Å²) in [5.74, 6) is 1.24. The van der Waals surface area contributed by atoms with Gasteiger partial charge in [0.25, 0.3) is 5.91 Å². The normalized spacial score (nSPS) is 27.4. The van der Waals surface area contributed by atoms with Crippen molar-refractivity contribution in [3.8, 4) is 0 Å². The predicted octanol–water partition coefficient (Wildman–Crippen LogP) is 3.27. The van der Waals surface area contributed by atoms with Crippen molar-refractivity contribution in [2.24, 2.45) is 15.9 Å². The molecule has 0 N–H and O–H groups in total. The number of nitrogens with zero attached hydrogens (tertiary/aromatic N) is 4. The smallest absolute Gasteiger partial charge is 0.273 e. The molecule has 134 valence electrons. The van der Waals surface area contributed by atoms with E-state index in [1.54, 1.807) is 0 Å². The number of amides is 1. The van der Waals surface area contributed by atoms with Crippen LogP contribution in [-0.4, -0.2) is 45.4 Å². The van der Waals surface area contributed by atoms with Gasteiger partial charge in [0.05, 0.1) is 12.6 Å². The van der Waals surface area contributed by atoms with Crippen LogP contribution in [0.15, 0.2) is 46.0 Å². The van der Waals surface area contributed by atoms with Crippen molar-refractivity contribution >= 4 is 33.5 Å². The van der Waals surface area contributed by atoms with Crippen molar-refractivity contribution in [3.05, 3.63) is 47.2 Å². The van der Waals surface area contributed by atoms with Crippen LogP contribution in [0.25, 0.3) is 0 Å². The SMILES string of the molecule is C[C@@H]1c2ccccc2CCN1C(=O)C1=NC2=NCC(Br)N2C(C2CC2)=C1. The number of halogens is 1. The van der Waals surface area contributed by atoms with Gasteiger partial charge in [-0.1, -0.05) is 40.2 Å². The molecule has 1 aliphatic carbocycles. The van der Waals surface area contributed by atoms with Gasteiger partial charge in [-0.05, 0) is 49.3 Å². The molecule has 1 saturated carbocycles. The number of aliphatic imine (C=N–C) groups is 2. The Morgan fingerprint density at radius 1 is 1.27 bits per heavy atom. The summed E-state index contributed by atoms with van der Waals surface area (Å²) in [4.78, 5) is 26.7. The molecule has 3 aliphatic heterocycles. The van der Waals surface area contributed by atoms with E-state index < -0.39 is 0 Å². The van der Waals surface area contributed by atoms with Crippen LogP contribution >= 0.6 is 15.9 Å². The highest BCUT2D eigenvalue weighted by Gasteiger charge is 2.41. The van der Waals surface area contributed by atoms with Crippen LogP contribution in [0.3, 0.4) is 0 Å². The van der Waals surface area contributed by atoms with E-state index in [1.165, 1.54) is 29.7 Å². The van der Waals surface area contributed by atoms with Gasteiger partial charge < -0.3 is 4.90 Å². The van der Waals surface area contributed by atoms with Gasteiger partial charge in [0.2, 0.25) is 5.96 Å². The number of hydrogen-bond acceptors (Lipinski definition) is 4. The van der Waals surface area contributed by atoms with Crippen molar-refractivity contribution in [2.45, 2.75) is 37.2 Å². The van der Waals surface area contributed by atoms with Gasteiger partial charge in [-0.25, -0.2) is 9.98 Å². The lowest BCUT2D eigenvalue weighted by Crippen LogP contribution is -2.44. The maximum atomic E-state index is 13.3. The Hall–Kier alpha value is -1.95. The lowest BCUT2D eigenvalue weighted by atomic mass is 9.93. The fourth-order valence-electron chi connectivity index (χ4n) is 4.16. The van der Waals surface area contributed by atoms with E-state index >= 15 is 0 Å². The first-order valence-electron chi connectivity index (χ1n) is 9.30. The van der Waals surface area contributed by atoms with Crippen molar-refractivity contribution in [3.63, 3.8) is 0 Å². The minimum atomic E-state index is 0.0190. The number of hydrogen-bond donors (Lipinski definition) is 0. The molecule has 2 atom stereocenters. The van der Waals surface area contributed by atoms with Crippen molar-refractivity contribution in [1.29, 1.82) is 0 Å². The first-order chi connectivity index (χ1) is 12.6. The molecule has 0 saturated heterocycles. The van der Waals surface area contributed by atoms with Crippen LogP contribution in [-0.2, 0) is 11.2 Å². The van der Waals surface area contributed by atoms with Gasteiger partial charge in [0.1, 0.15) is 10.7 Å². The first-order valence-corrected chi connectivity index (χ1v) is 10.2. The Kier molecular flexibility index (Phi) is 3.78. The minimum absolute atomic E-state index is 0.0190. The number of carbonyl (C=O) groups excluding carboxylic acids is 1. The van der Waals surface area contributed by atoms with Crippen LogP contribution in [0.2, 0.25) is 0 Å². The summed E-state index contributed by atoms with van der Waals surface area (Å²) in [7, 11) is 0. The summed E-state index contributed by atoms with van der Waals surface area (Å²) >= 11 is 3.68. The van der Waals surface area contributed by atoms with E-state index in [2.05, 4.69) is 55.9 Å². The topological polar surface area (TPSA) is 48.3 Å². The Balaban J connectivity index is 1.47. The average molecular weight is 413 g/mol. The molecular weight excluding hydrogens is 392 g/mol. The molecule has 0 radical (unpaired) electrons. The molecule has 0 spiro atoms. The maximum Gasteiger partial charge on any atom is 0.273 e. The Labute approximate surface area is 161 Å². The number of fused-ring (bicyclic) bond motifs is 2. The van der Waals surface area contributed by atoms with E-state index in [9.17, 15) is 4.79 Å². The number of rotatable bonds is 2. The molecule has 1 fully saturated rings. The van der Waals surface area contributed by atoms with Gasteiger partial charge in [-0.15, -0.1) is 0 Å². The van der Waals surface area contributed by atoms with Gasteiger partial charge >= 0.3 is 0 Å². The monoisotopic (exact) mass is 412 g/mol. The van der Waals surface area contributed by atoms with E-state index in [-0.39, 0.29) is 16.9 Å². The van der Waals surface area contributed by atoms with Crippen LogP contribution in [0.1, 0.15) is 36.9 Å². The summed E-state index contributed by atoms with van der Waals surface area (Å²) in [6.45, 7) is 3.52. The molecular formula is C20H21BrN4O. The summed E-state index contributed by atoms with van der Waals surface area (Å²) in [6.07, 6.45) is 5.27. The van der Waals surface area contributed by atoms with Gasteiger partial charge in [0, 0.05) is 12.2 Å². The largest absolute Gasteiger partial charge is 0.330 e.